The number of rotatable bonds is 5. The highest BCUT2D eigenvalue weighted by Crippen LogP contribution is 2.30. The second-order valence-corrected chi connectivity index (χ2v) is 5.18. The zero-order valence-electron chi connectivity index (χ0n) is 10.9. The molecule has 0 amide bonds. The molecule has 0 atom stereocenters. The lowest BCUT2D eigenvalue weighted by Crippen LogP contribution is -2.10. The zero-order valence-corrected chi connectivity index (χ0v) is 12.5. The van der Waals surface area contributed by atoms with Gasteiger partial charge in [-0.1, -0.05) is 40.2 Å². The second kappa shape index (κ2) is 6.36. The molecule has 0 unspecified atom stereocenters. The molecule has 108 valence electrons. The van der Waals surface area contributed by atoms with Gasteiger partial charge in [0, 0.05) is 16.1 Å². The van der Waals surface area contributed by atoms with Gasteiger partial charge >= 0.3 is 5.69 Å². The Balaban J connectivity index is 2.13. The average molecular weight is 350 g/mol. The van der Waals surface area contributed by atoms with Crippen molar-refractivity contribution in [2.45, 2.75) is 6.61 Å². The summed E-state index contributed by atoms with van der Waals surface area (Å²) in [4.78, 5) is 10.5. The minimum atomic E-state index is -0.487. The zero-order chi connectivity index (χ0) is 15.4. The van der Waals surface area contributed by atoms with Crippen LogP contribution in [0.3, 0.4) is 0 Å². The molecule has 0 aromatic heterocycles. The predicted octanol–water partition coefficient (Wildman–Crippen LogP) is 3.22. The van der Waals surface area contributed by atoms with Crippen LogP contribution in [0.25, 0.3) is 0 Å². The number of nitrogen functional groups attached to an aromatic ring is 1. The van der Waals surface area contributed by atoms with Crippen LogP contribution in [-0.4, -0.2) is 10.8 Å². The van der Waals surface area contributed by atoms with Crippen LogP contribution in [0.1, 0.15) is 11.1 Å². The lowest BCUT2D eigenvalue weighted by molar-refractivity contribution is -0.386. The first-order chi connectivity index (χ1) is 9.97. The van der Waals surface area contributed by atoms with Crippen molar-refractivity contribution in [2.24, 2.45) is 5.73 Å². The lowest BCUT2D eigenvalue weighted by Gasteiger charge is -2.08. The summed E-state index contributed by atoms with van der Waals surface area (Å²) in [6.07, 6.45) is 0. The molecule has 0 saturated heterocycles. The topological polar surface area (TPSA) is 102 Å². The number of nitrogens with one attached hydrogen (secondary N) is 1. The number of nitro groups is 1. The first-order valence-electron chi connectivity index (χ1n) is 5.97. The summed E-state index contributed by atoms with van der Waals surface area (Å²) in [7, 11) is 0. The molecule has 6 nitrogen and oxygen atoms in total. The van der Waals surface area contributed by atoms with E-state index in [-0.39, 0.29) is 23.9 Å². The largest absolute Gasteiger partial charge is 0.482 e. The summed E-state index contributed by atoms with van der Waals surface area (Å²) < 4.78 is 6.11. The van der Waals surface area contributed by atoms with E-state index in [0.29, 0.717) is 10.0 Å². The predicted molar refractivity (Wildman–Crippen MR) is 82.6 cm³/mol. The van der Waals surface area contributed by atoms with Crippen LogP contribution < -0.4 is 10.5 Å². The summed E-state index contributed by atoms with van der Waals surface area (Å²) in [5.41, 5.74) is 6.73. The third-order valence-electron chi connectivity index (χ3n) is 2.78. The van der Waals surface area contributed by atoms with E-state index in [4.69, 9.17) is 15.9 Å². The van der Waals surface area contributed by atoms with Crippen LogP contribution in [-0.2, 0) is 6.61 Å². The summed E-state index contributed by atoms with van der Waals surface area (Å²) >= 11 is 3.19. The molecule has 0 heterocycles. The van der Waals surface area contributed by atoms with Gasteiger partial charge < -0.3 is 10.5 Å². The second-order valence-electron chi connectivity index (χ2n) is 4.27. The van der Waals surface area contributed by atoms with Crippen molar-refractivity contribution >= 4 is 27.5 Å². The Hall–Kier alpha value is -2.41. The normalized spacial score (nSPS) is 10.1. The Morgan fingerprint density at radius 3 is 2.52 bits per heavy atom. The molecule has 2 aromatic carbocycles. The molecule has 0 saturated carbocycles. The minimum Gasteiger partial charge on any atom is -0.482 e. The van der Waals surface area contributed by atoms with Gasteiger partial charge in [0.15, 0.2) is 5.75 Å². The van der Waals surface area contributed by atoms with E-state index in [0.717, 1.165) is 5.56 Å². The molecule has 0 aliphatic rings. The van der Waals surface area contributed by atoms with Crippen LogP contribution in [0.5, 0.6) is 5.75 Å². The fraction of sp³-hybridized carbons (Fsp3) is 0.0714. The standard InChI is InChI=1S/C14H12BrN3O3/c15-11-5-6-13(12(7-11)18(19)20)21-8-9-1-3-10(4-2-9)14(16)17/h1-7H,8H2,(H3,16,17). The van der Waals surface area contributed by atoms with Gasteiger partial charge in [0.05, 0.1) is 4.92 Å². The highest BCUT2D eigenvalue weighted by molar-refractivity contribution is 9.10. The van der Waals surface area contributed by atoms with Gasteiger partial charge in [0.1, 0.15) is 12.4 Å². The van der Waals surface area contributed by atoms with Crippen molar-refractivity contribution in [3.05, 3.63) is 68.2 Å². The Kier molecular flexibility index (Phi) is 4.54. The number of ether oxygens (including phenoxy) is 1. The minimum absolute atomic E-state index is 0.00832. The Morgan fingerprint density at radius 1 is 1.29 bits per heavy atom. The van der Waals surface area contributed by atoms with Crippen LogP contribution in [0.4, 0.5) is 5.69 Å². The first kappa shape index (κ1) is 15.0. The van der Waals surface area contributed by atoms with Gasteiger partial charge in [-0.3, -0.25) is 15.5 Å². The average Bonchev–Trinajstić information content (AvgIpc) is 2.46. The number of benzene rings is 2. The molecule has 2 aromatic rings. The quantitative estimate of drug-likeness (QED) is 0.374. The van der Waals surface area contributed by atoms with Gasteiger partial charge in [-0.15, -0.1) is 0 Å². The highest BCUT2D eigenvalue weighted by atomic mass is 79.9. The molecule has 0 radical (unpaired) electrons. The van der Waals surface area contributed by atoms with E-state index in [1.54, 1.807) is 36.4 Å². The van der Waals surface area contributed by atoms with Crippen molar-refractivity contribution in [1.82, 2.24) is 0 Å². The molecular weight excluding hydrogens is 338 g/mol. The SMILES string of the molecule is N=C(N)c1ccc(COc2ccc(Br)cc2[N+](=O)[O-])cc1. The third-order valence-corrected chi connectivity index (χ3v) is 3.27. The van der Waals surface area contributed by atoms with E-state index < -0.39 is 4.92 Å². The number of hydrogen-bond acceptors (Lipinski definition) is 4. The smallest absolute Gasteiger partial charge is 0.312 e. The first-order valence-corrected chi connectivity index (χ1v) is 6.77. The van der Waals surface area contributed by atoms with Gasteiger partial charge in [-0.2, -0.15) is 0 Å². The Labute approximate surface area is 129 Å². The summed E-state index contributed by atoms with van der Waals surface area (Å²) in [5, 5.41) is 18.3. The van der Waals surface area contributed by atoms with Crippen LogP contribution >= 0.6 is 15.9 Å². The summed E-state index contributed by atoms with van der Waals surface area (Å²) in [5.74, 6) is 0.199. The van der Waals surface area contributed by atoms with E-state index >= 15 is 0 Å². The molecule has 21 heavy (non-hydrogen) atoms. The molecule has 0 aliphatic heterocycles. The van der Waals surface area contributed by atoms with Gasteiger partial charge in [0.2, 0.25) is 0 Å². The maximum Gasteiger partial charge on any atom is 0.312 e. The van der Waals surface area contributed by atoms with Crippen molar-refractivity contribution in [3.63, 3.8) is 0 Å². The number of amidine groups is 1. The maximum atomic E-state index is 11.0. The van der Waals surface area contributed by atoms with E-state index in [1.807, 2.05) is 0 Å². The Bertz CT molecular complexity index is 686. The molecule has 3 N–H and O–H groups in total. The number of halogens is 1. The van der Waals surface area contributed by atoms with Gasteiger partial charge in [-0.25, -0.2) is 0 Å². The molecule has 7 heteroatoms. The van der Waals surface area contributed by atoms with Crippen molar-refractivity contribution < 1.29 is 9.66 Å². The monoisotopic (exact) mass is 349 g/mol. The van der Waals surface area contributed by atoms with Crippen molar-refractivity contribution in [3.8, 4) is 5.75 Å². The van der Waals surface area contributed by atoms with Gasteiger partial charge in [0.25, 0.3) is 0 Å². The number of nitro benzene ring substituents is 1. The number of hydrogen-bond donors (Lipinski definition) is 2. The fourth-order valence-corrected chi connectivity index (χ4v) is 2.05. The molecule has 0 aliphatic carbocycles. The van der Waals surface area contributed by atoms with E-state index in [1.165, 1.54) is 6.07 Å². The maximum absolute atomic E-state index is 11.0. The highest BCUT2D eigenvalue weighted by Gasteiger charge is 2.15. The summed E-state index contributed by atoms with van der Waals surface area (Å²) in [6.45, 7) is 0.195. The third kappa shape index (κ3) is 3.79. The molecule has 0 fully saturated rings. The molecule has 0 bridgehead atoms. The molecule has 0 spiro atoms. The van der Waals surface area contributed by atoms with Gasteiger partial charge in [-0.05, 0) is 17.7 Å². The van der Waals surface area contributed by atoms with Crippen molar-refractivity contribution in [2.75, 3.05) is 0 Å². The van der Waals surface area contributed by atoms with Crippen LogP contribution in [0.2, 0.25) is 0 Å². The van der Waals surface area contributed by atoms with Crippen molar-refractivity contribution in [1.29, 1.82) is 5.41 Å². The number of nitrogens with zero attached hydrogens (tertiary/aromatic N) is 1. The van der Waals surface area contributed by atoms with E-state index in [2.05, 4.69) is 15.9 Å². The van der Waals surface area contributed by atoms with E-state index in [9.17, 15) is 10.1 Å². The number of nitrogens with two attached hydrogens (primary N) is 1. The van der Waals surface area contributed by atoms with Crippen LogP contribution in [0.15, 0.2) is 46.9 Å². The lowest BCUT2D eigenvalue weighted by atomic mass is 10.1. The molecule has 2 rings (SSSR count). The molecular formula is C14H12BrN3O3. The Morgan fingerprint density at radius 2 is 1.95 bits per heavy atom. The fourth-order valence-electron chi connectivity index (χ4n) is 1.70. The van der Waals surface area contributed by atoms with Crippen LogP contribution in [0, 0.1) is 15.5 Å². The summed E-state index contributed by atoms with van der Waals surface area (Å²) in [6, 6.07) is 11.6.